The maximum absolute atomic E-state index is 13.1. The number of carboxylic acid groups (broad SMARTS) is 1. The highest BCUT2D eigenvalue weighted by Gasteiger charge is 2.46. The summed E-state index contributed by atoms with van der Waals surface area (Å²) in [6, 6.07) is 6.25. The Morgan fingerprint density at radius 3 is 2.68 bits per heavy atom. The number of carbonyl (C=O) groups excluding carboxylic acids is 1. The number of carbonyl (C=O) groups is 2. The number of aliphatic carboxylic acids is 1. The molecule has 1 saturated carbocycles. The molecule has 1 aromatic rings. The highest BCUT2D eigenvalue weighted by atomic mass is 19.1. The maximum Gasteiger partial charge on any atom is 0.308 e. The van der Waals surface area contributed by atoms with E-state index in [2.05, 4.69) is 0 Å². The first-order chi connectivity index (χ1) is 10.5. The van der Waals surface area contributed by atoms with Crippen LogP contribution in [0.5, 0.6) is 0 Å². The number of halogens is 1. The number of likely N-dealkylation sites (tertiary alicyclic amines) is 1. The third kappa shape index (κ3) is 3.29. The van der Waals surface area contributed by atoms with Crippen LogP contribution in [0.25, 0.3) is 0 Å². The van der Waals surface area contributed by atoms with Crippen LogP contribution in [-0.4, -0.2) is 35.0 Å². The summed E-state index contributed by atoms with van der Waals surface area (Å²) in [6.07, 6.45) is 2.95. The quantitative estimate of drug-likeness (QED) is 0.908. The van der Waals surface area contributed by atoms with Gasteiger partial charge < -0.3 is 10.0 Å². The fourth-order valence-electron chi connectivity index (χ4n) is 3.40. The smallest absolute Gasteiger partial charge is 0.308 e. The van der Waals surface area contributed by atoms with Crippen molar-refractivity contribution in [1.82, 2.24) is 4.90 Å². The van der Waals surface area contributed by atoms with Gasteiger partial charge >= 0.3 is 5.97 Å². The summed E-state index contributed by atoms with van der Waals surface area (Å²) in [5.74, 6) is -0.967. The average Bonchev–Trinajstić information content (AvgIpc) is 3.23. The lowest BCUT2D eigenvalue weighted by atomic mass is 9.92. The van der Waals surface area contributed by atoms with E-state index in [1.807, 2.05) is 0 Å². The van der Waals surface area contributed by atoms with Crippen molar-refractivity contribution < 1.29 is 19.1 Å². The molecule has 0 spiro atoms. The molecule has 0 radical (unpaired) electrons. The molecule has 2 fully saturated rings. The standard InChI is InChI=1S/C17H20FNO3/c18-13-3-1-2-11(8-13)4-7-16(20)19-9-14(12-5-6-12)15(10-19)17(21)22/h1-3,8,12,14-15H,4-7,9-10H2,(H,21,22)/t14-,15+/m0/s1. The molecular formula is C17H20FNO3. The van der Waals surface area contributed by atoms with Gasteiger partial charge in [0, 0.05) is 19.5 Å². The van der Waals surface area contributed by atoms with Crippen LogP contribution in [0.4, 0.5) is 4.39 Å². The Morgan fingerprint density at radius 1 is 1.27 bits per heavy atom. The summed E-state index contributed by atoms with van der Waals surface area (Å²) in [7, 11) is 0. The fourth-order valence-corrected chi connectivity index (χ4v) is 3.40. The Balaban J connectivity index is 1.57. The molecule has 2 atom stereocenters. The number of hydrogen-bond acceptors (Lipinski definition) is 2. The summed E-state index contributed by atoms with van der Waals surface area (Å²) < 4.78 is 13.1. The van der Waals surface area contributed by atoms with Gasteiger partial charge in [-0.15, -0.1) is 0 Å². The number of amides is 1. The Hall–Kier alpha value is -1.91. The molecule has 2 aliphatic rings. The monoisotopic (exact) mass is 305 g/mol. The van der Waals surface area contributed by atoms with Crippen molar-refractivity contribution in [2.75, 3.05) is 13.1 Å². The second-order valence-electron chi connectivity index (χ2n) is 6.37. The van der Waals surface area contributed by atoms with Gasteiger partial charge in [-0.2, -0.15) is 0 Å². The fraction of sp³-hybridized carbons (Fsp3) is 0.529. The molecule has 5 heteroatoms. The van der Waals surface area contributed by atoms with Crippen LogP contribution < -0.4 is 0 Å². The molecule has 3 rings (SSSR count). The van der Waals surface area contributed by atoms with Gasteiger partial charge in [-0.3, -0.25) is 9.59 Å². The predicted octanol–water partition coefficient (Wildman–Crippen LogP) is 2.33. The van der Waals surface area contributed by atoms with E-state index >= 15 is 0 Å². The minimum atomic E-state index is -0.794. The number of rotatable bonds is 5. The van der Waals surface area contributed by atoms with Gasteiger partial charge in [0.2, 0.25) is 5.91 Å². The van der Waals surface area contributed by atoms with Crippen molar-refractivity contribution in [3.8, 4) is 0 Å². The van der Waals surface area contributed by atoms with Gasteiger partial charge in [0.05, 0.1) is 5.92 Å². The van der Waals surface area contributed by atoms with Crippen LogP contribution in [0.15, 0.2) is 24.3 Å². The highest BCUT2D eigenvalue weighted by molar-refractivity contribution is 5.79. The SMILES string of the molecule is O=C(O)[C@@H]1CN(C(=O)CCc2cccc(F)c2)C[C@H]1C1CC1. The predicted molar refractivity (Wildman–Crippen MR) is 78.6 cm³/mol. The van der Waals surface area contributed by atoms with Gasteiger partial charge in [0.25, 0.3) is 0 Å². The largest absolute Gasteiger partial charge is 0.481 e. The first-order valence-electron chi connectivity index (χ1n) is 7.79. The summed E-state index contributed by atoms with van der Waals surface area (Å²) >= 11 is 0. The van der Waals surface area contributed by atoms with Crippen LogP contribution in [0.3, 0.4) is 0 Å². The third-order valence-corrected chi connectivity index (χ3v) is 4.78. The minimum Gasteiger partial charge on any atom is -0.481 e. The zero-order valence-corrected chi connectivity index (χ0v) is 12.4. The first-order valence-corrected chi connectivity index (χ1v) is 7.79. The zero-order valence-electron chi connectivity index (χ0n) is 12.4. The maximum atomic E-state index is 13.1. The molecular weight excluding hydrogens is 285 g/mol. The van der Waals surface area contributed by atoms with E-state index in [1.54, 1.807) is 17.0 Å². The van der Waals surface area contributed by atoms with Gasteiger partial charge in [0.1, 0.15) is 5.82 Å². The average molecular weight is 305 g/mol. The summed E-state index contributed by atoms with van der Waals surface area (Å²) in [4.78, 5) is 25.3. The summed E-state index contributed by atoms with van der Waals surface area (Å²) in [5, 5.41) is 9.32. The van der Waals surface area contributed by atoms with E-state index in [0.29, 0.717) is 31.8 Å². The van der Waals surface area contributed by atoms with Crippen LogP contribution in [0, 0.1) is 23.6 Å². The Kier molecular flexibility index (Phi) is 4.14. The highest BCUT2D eigenvalue weighted by Crippen LogP contribution is 2.44. The van der Waals surface area contributed by atoms with Gasteiger partial charge in [-0.1, -0.05) is 12.1 Å². The van der Waals surface area contributed by atoms with Crippen LogP contribution in [-0.2, 0) is 16.0 Å². The van der Waals surface area contributed by atoms with Crippen molar-refractivity contribution in [2.45, 2.75) is 25.7 Å². The van der Waals surface area contributed by atoms with Crippen molar-refractivity contribution in [3.05, 3.63) is 35.6 Å². The lowest BCUT2D eigenvalue weighted by molar-refractivity contribution is -0.142. The van der Waals surface area contributed by atoms with Crippen molar-refractivity contribution in [1.29, 1.82) is 0 Å². The van der Waals surface area contributed by atoms with Crippen molar-refractivity contribution >= 4 is 11.9 Å². The topological polar surface area (TPSA) is 57.6 Å². The molecule has 1 aliphatic heterocycles. The number of carboxylic acids is 1. The first kappa shape index (κ1) is 15.0. The Morgan fingerprint density at radius 2 is 2.05 bits per heavy atom. The molecule has 1 N–H and O–H groups in total. The molecule has 1 aromatic carbocycles. The van der Waals surface area contributed by atoms with Crippen molar-refractivity contribution in [3.63, 3.8) is 0 Å². The Bertz CT molecular complexity index is 585. The Labute approximate surface area is 128 Å². The molecule has 1 amide bonds. The second-order valence-corrected chi connectivity index (χ2v) is 6.37. The van der Waals surface area contributed by atoms with E-state index in [4.69, 9.17) is 0 Å². The molecule has 4 nitrogen and oxygen atoms in total. The number of aryl methyl sites for hydroxylation is 1. The lowest BCUT2D eigenvalue weighted by Gasteiger charge is -2.16. The molecule has 0 aromatic heterocycles. The van der Waals surface area contributed by atoms with Crippen LogP contribution in [0.1, 0.15) is 24.8 Å². The van der Waals surface area contributed by atoms with E-state index in [9.17, 15) is 19.1 Å². The second kappa shape index (κ2) is 6.07. The number of hydrogen-bond donors (Lipinski definition) is 1. The van der Waals surface area contributed by atoms with E-state index < -0.39 is 11.9 Å². The molecule has 0 bridgehead atoms. The molecule has 22 heavy (non-hydrogen) atoms. The lowest BCUT2D eigenvalue weighted by Crippen LogP contribution is -2.30. The number of benzene rings is 1. The van der Waals surface area contributed by atoms with Gasteiger partial charge in [-0.25, -0.2) is 4.39 Å². The van der Waals surface area contributed by atoms with Gasteiger partial charge in [-0.05, 0) is 48.8 Å². The normalized spacial score (nSPS) is 24.5. The molecule has 1 aliphatic carbocycles. The number of nitrogens with zero attached hydrogens (tertiary/aromatic N) is 1. The van der Waals surface area contributed by atoms with Crippen LogP contribution >= 0.6 is 0 Å². The van der Waals surface area contributed by atoms with E-state index in [0.717, 1.165) is 18.4 Å². The molecule has 118 valence electrons. The van der Waals surface area contributed by atoms with Crippen molar-refractivity contribution in [2.24, 2.45) is 17.8 Å². The zero-order chi connectivity index (χ0) is 15.7. The molecule has 1 saturated heterocycles. The molecule has 0 unspecified atom stereocenters. The molecule has 1 heterocycles. The van der Waals surface area contributed by atoms with Gasteiger partial charge in [0.15, 0.2) is 0 Å². The van der Waals surface area contributed by atoms with Crippen LogP contribution in [0.2, 0.25) is 0 Å². The van der Waals surface area contributed by atoms with E-state index in [1.165, 1.54) is 12.1 Å². The summed E-state index contributed by atoms with van der Waals surface area (Å²) in [5.41, 5.74) is 0.793. The van der Waals surface area contributed by atoms with E-state index in [-0.39, 0.29) is 17.6 Å². The third-order valence-electron chi connectivity index (χ3n) is 4.78. The minimum absolute atomic E-state index is 0.0290. The summed E-state index contributed by atoms with van der Waals surface area (Å²) in [6.45, 7) is 0.877.